The molecule has 0 unspecified atom stereocenters. The van der Waals surface area contributed by atoms with Gasteiger partial charge in [0.15, 0.2) is 0 Å². The van der Waals surface area contributed by atoms with E-state index in [2.05, 4.69) is 24.5 Å². The van der Waals surface area contributed by atoms with Crippen molar-refractivity contribution in [1.82, 2.24) is 4.90 Å². The Hall–Kier alpha value is 0.270. The zero-order valence-corrected chi connectivity index (χ0v) is 10.1. The third-order valence-corrected chi connectivity index (χ3v) is 3.25. The summed E-state index contributed by atoms with van der Waals surface area (Å²) in [5, 5.41) is 0. The molecule has 0 aliphatic carbocycles. The van der Waals surface area contributed by atoms with E-state index in [1.165, 1.54) is 32.4 Å². The van der Waals surface area contributed by atoms with E-state index in [0.29, 0.717) is 0 Å². The molecule has 2 nitrogen and oxygen atoms in total. The van der Waals surface area contributed by atoms with Crippen LogP contribution in [0.2, 0.25) is 0 Å². The van der Waals surface area contributed by atoms with Gasteiger partial charge in [-0.15, -0.1) is 0 Å². The summed E-state index contributed by atoms with van der Waals surface area (Å²) in [6.07, 6.45) is 4.11. The Balaban J connectivity index is 1.98. The van der Waals surface area contributed by atoms with Gasteiger partial charge in [-0.2, -0.15) is 12.6 Å². The predicted octanol–water partition coefficient (Wildman–Crippen LogP) is 2.05. The van der Waals surface area contributed by atoms with Crippen molar-refractivity contribution in [3.05, 3.63) is 0 Å². The topological polar surface area (TPSA) is 12.5 Å². The molecule has 1 rings (SSSR count). The number of piperidine rings is 1. The van der Waals surface area contributed by atoms with Gasteiger partial charge in [-0.25, -0.2) is 0 Å². The van der Waals surface area contributed by atoms with Crippen molar-refractivity contribution in [1.29, 1.82) is 0 Å². The molecule has 3 heteroatoms. The molecule has 1 aliphatic rings. The highest BCUT2D eigenvalue weighted by atomic mass is 32.1. The molecule has 1 saturated heterocycles. The minimum absolute atomic E-state index is 0.786. The minimum Gasteiger partial charge on any atom is -0.379 e. The molecule has 84 valence electrons. The number of hydrogen-bond donors (Lipinski definition) is 1. The fourth-order valence-corrected chi connectivity index (χ4v) is 2.11. The smallest absolute Gasteiger partial charge is 0.0593 e. The van der Waals surface area contributed by atoms with E-state index in [0.717, 1.165) is 31.4 Å². The summed E-state index contributed by atoms with van der Waals surface area (Å²) in [5.74, 6) is 1.81. The minimum atomic E-state index is 0.786. The van der Waals surface area contributed by atoms with Gasteiger partial charge in [0.1, 0.15) is 0 Å². The Morgan fingerprint density at radius 2 is 2.00 bits per heavy atom. The summed E-state index contributed by atoms with van der Waals surface area (Å²) >= 11 is 4.11. The molecule has 0 saturated carbocycles. The number of likely N-dealkylation sites (tertiary alicyclic amines) is 1. The van der Waals surface area contributed by atoms with Crippen LogP contribution in [0.4, 0.5) is 0 Å². The summed E-state index contributed by atoms with van der Waals surface area (Å²) in [4.78, 5) is 2.52. The van der Waals surface area contributed by atoms with Gasteiger partial charge in [0.25, 0.3) is 0 Å². The summed E-state index contributed by atoms with van der Waals surface area (Å²) in [6.45, 7) is 7.59. The molecule has 14 heavy (non-hydrogen) atoms. The normalized spacial score (nSPS) is 20.1. The molecule has 0 N–H and O–H groups in total. The fourth-order valence-electron chi connectivity index (χ4n) is 1.98. The Labute approximate surface area is 93.4 Å². The molecule has 0 aromatic carbocycles. The highest BCUT2D eigenvalue weighted by molar-refractivity contribution is 7.80. The molecular weight excluding hydrogens is 194 g/mol. The molecule has 0 atom stereocenters. The first-order chi connectivity index (χ1) is 6.86. The Morgan fingerprint density at radius 3 is 2.57 bits per heavy atom. The second kappa shape index (κ2) is 7.55. The molecule has 1 heterocycles. The predicted molar refractivity (Wildman–Crippen MR) is 64.1 cm³/mol. The van der Waals surface area contributed by atoms with Crippen LogP contribution in [0.1, 0.15) is 26.2 Å². The molecule has 0 aromatic heterocycles. The van der Waals surface area contributed by atoms with Gasteiger partial charge in [0.2, 0.25) is 0 Å². The highest BCUT2D eigenvalue weighted by Crippen LogP contribution is 2.19. The van der Waals surface area contributed by atoms with E-state index in [1.807, 2.05) is 0 Å². The number of rotatable bonds is 6. The lowest BCUT2D eigenvalue weighted by Crippen LogP contribution is -2.35. The van der Waals surface area contributed by atoms with Crippen LogP contribution < -0.4 is 0 Å². The molecular formula is C11H23NOS. The van der Waals surface area contributed by atoms with E-state index in [9.17, 15) is 0 Å². The maximum Gasteiger partial charge on any atom is 0.0593 e. The quantitative estimate of drug-likeness (QED) is 0.540. The summed E-state index contributed by atoms with van der Waals surface area (Å²) < 4.78 is 5.42. The Morgan fingerprint density at radius 1 is 1.29 bits per heavy atom. The SMILES string of the molecule is CCC1CCN(CCOCCS)CC1. The van der Waals surface area contributed by atoms with Crippen LogP contribution in [0.15, 0.2) is 0 Å². The largest absolute Gasteiger partial charge is 0.379 e. The molecule has 0 aromatic rings. The van der Waals surface area contributed by atoms with Gasteiger partial charge in [0, 0.05) is 12.3 Å². The summed E-state index contributed by atoms with van der Waals surface area (Å²) in [7, 11) is 0. The highest BCUT2D eigenvalue weighted by Gasteiger charge is 2.16. The number of ether oxygens (including phenoxy) is 1. The Bertz CT molecular complexity index is 135. The summed E-state index contributed by atoms with van der Waals surface area (Å²) in [5.41, 5.74) is 0. The van der Waals surface area contributed by atoms with Crippen molar-refractivity contribution >= 4 is 12.6 Å². The molecule has 0 bridgehead atoms. The van der Waals surface area contributed by atoms with Crippen LogP contribution in [0.5, 0.6) is 0 Å². The lowest BCUT2D eigenvalue weighted by Gasteiger charge is -2.31. The maximum absolute atomic E-state index is 5.42. The number of hydrogen-bond acceptors (Lipinski definition) is 3. The first-order valence-corrected chi connectivity index (χ1v) is 6.41. The monoisotopic (exact) mass is 217 g/mol. The lowest BCUT2D eigenvalue weighted by atomic mass is 9.94. The van der Waals surface area contributed by atoms with Crippen molar-refractivity contribution in [2.45, 2.75) is 26.2 Å². The second-order valence-electron chi connectivity index (χ2n) is 4.03. The molecule has 1 aliphatic heterocycles. The van der Waals surface area contributed by atoms with Gasteiger partial charge in [-0.05, 0) is 31.8 Å². The molecule has 0 radical (unpaired) electrons. The number of nitrogens with zero attached hydrogens (tertiary/aromatic N) is 1. The second-order valence-corrected chi connectivity index (χ2v) is 4.48. The van der Waals surface area contributed by atoms with Gasteiger partial charge >= 0.3 is 0 Å². The summed E-state index contributed by atoms with van der Waals surface area (Å²) in [6, 6.07) is 0. The van der Waals surface area contributed by atoms with Crippen LogP contribution in [-0.2, 0) is 4.74 Å². The molecule has 0 spiro atoms. The number of thiol groups is 1. The maximum atomic E-state index is 5.42. The van der Waals surface area contributed by atoms with E-state index < -0.39 is 0 Å². The van der Waals surface area contributed by atoms with Gasteiger partial charge in [-0.1, -0.05) is 13.3 Å². The van der Waals surface area contributed by atoms with Crippen molar-refractivity contribution in [2.75, 3.05) is 38.6 Å². The standard InChI is InChI=1S/C11H23NOS/c1-2-11-3-5-12(6-4-11)7-8-13-9-10-14/h11,14H,2-10H2,1H3. The van der Waals surface area contributed by atoms with Crippen molar-refractivity contribution in [2.24, 2.45) is 5.92 Å². The average Bonchev–Trinajstić information content (AvgIpc) is 2.25. The first-order valence-electron chi connectivity index (χ1n) is 5.77. The van der Waals surface area contributed by atoms with Crippen molar-refractivity contribution in [3.63, 3.8) is 0 Å². The van der Waals surface area contributed by atoms with Gasteiger partial charge in [-0.3, -0.25) is 0 Å². The average molecular weight is 217 g/mol. The van der Waals surface area contributed by atoms with Crippen LogP contribution >= 0.6 is 12.6 Å². The van der Waals surface area contributed by atoms with Crippen LogP contribution in [-0.4, -0.2) is 43.5 Å². The lowest BCUT2D eigenvalue weighted by molar-refractivity contribution is 0.0967. The van der Waals surface area contributed by atoms with Crippen molar-refractivity contribution in [3.8, 4) is 0 Å². The zero-order chi connectivity index (χ0) is 10.2. The van der Waals surface area contributed by atoms with Crippen LogP contribution in [0.25, 0.3) is 0 Å². The van der Waals surface area contributed by atoms with E-state index in [4.69, 9.17) is 4.74 Å². The fraction of sp³-hybridized carbons (Fsp3) is 1.00. The molecule has 0 amide bonds. The van der Waals surface area contributed by atoms with Gasteiger partial charge in [0.05, 0.1) is 13.2 Å². The van der Waals surface area contributed by atoms with Crippen molar-refractivity contribution < 1.29 is 4.74 Å². The zero-order valence-electron chi connectivity index (χ0n) is 9.24. The third kappa shape index (κ3) is 4.67. The van der Waals surface area contributed by atoms with E-state index >= 15 is 0 Å². The van der Waals surface area contributed by atoms with Gasteiger partial charge < -0.3 is 9.64 Å². The van der Waals surface area contributed by atoms with Crippen LogP contribution in [0, 0.1) is 5.92 Å². The van der Waals surface area contributed by atoms with E-state index in [1.54, 1.807) is 0 Å². The Kier molecular flexibility index (Phi) is 6.65. The third-order valence-electron chi connectivity index (χ3n) is 3.07. The van der Waals surface area contributed by atoms with Crippen LogP contribution in [0.3, 0.4) is 0 Å². The van der Waals surface area contributed by atoms with E-state index in [-0.39, 0.29) is 0 Å². The first kappa shape index (κ1) is 12.3. The molecule has 1 fully saturated rings.